The van der Waals surface area contributed by atoms with Gasteiger partial charge in [0.05, 0.1) is 28.5 Å². The van der Waals surface area contributed by atoms with Crippen molar-refractivity contribution in [3.63, 3.8) is 0 Å². The van der Waals surface area contributed by atoms with Crippen molar-refractivity contribution in [2.45, 2.75) is 56.2 Å². The number of hydrogen-bond acceptors (Lipinski definition) is 6. The Morgan fingerprint density at radius 2 is 1.94 bits per heavy atom. The molecule has 0 spiro atoms. The van der Waals surface area contributed by atoms with Crippen molar-refractivity contribution in [2.24, 2.45) is 0 Å². The fraction of sp³-hybridized carbons (Fsp3) is 0.367. The van der Waals surface area contributed by atoms with Gasteiger partial charge in [-0.05, 0) is 68.2 Å². The maximum Gasteiger partial charge on any atom is 0.117 e. The van der Waals surface area contributed by atoms with Crippen LogP contribution in [0, 0.1) is 23.2 Å². The predicted octanol–water partition coefficient (Wildman–Crippen LogP) is 5.85. The highest BCUT2D eigenvalue weighted by Crippen LogP contribution is 2.47. The first-order valence-electron chi connectivity index (χ1n) is 11.9. The second kappa shape index (κ2) is 11.1. The van der Waals surface area contributed by atoms with E-state index >= 15 is 0 Å². The molecule has 2 heterocycles. The molecule has 0 aliphatic carbocycles. The van der Waals surface area contributed by atoms with Crippen LogP contribution in [0.3, 0.4) is 0 Å². The van der Waals surface area contributed by atoms with Crippen molar-refractivity contribution in [2.75, 3.05) is 14.1 Å². The van der Waals surface area contributed by atoms with Gasteiger partial charge in [0, 0.05) is 25.3 Å². The average Bonchev–Trinajstić information content (AvgIpc) is 3.36. The first-order valence-corrected chi connectivity index (χ1v) is 12.9. The molecule has 3 rings (SSSR count). The zero-order valence-corrected chi connectivity index (χ0v) is 22.9. The number of hydrogen-bond donors (Lipinski definition) is 1. The van der Waals surface area contributed by atoms with Gasteiger partial charge >= 0.3 is 0 Å². The zero-order valence-electron chi connectivity index (χ0n) is 22.1. The molecule has 1 aromatic heterocycles. The molecule has 0 fully saturated rings. The molecule has 1 aromatic carbocycles. The molecule has 5 nitrogen and oxygen atoms in total. The minimum absolute atomic E-state index is 0.00869. The summed E-state index contributed by atoms with van der Waals surface area (Å²) in [6.45, 7) is 16.4. The monoisotopic (exact) mass is 497 g/mol. The van der Waals surface area contributed by atoms with Gasteiger partial charge in [0.1, 0.15) is 12.0 Å². The predicted molar refractivity (Wildman–Crippen MR) is 151 cm³/mol. The van der Waals surface area contributed by atoms with Crippen LogP contribution >= 0.6 is 11.8 Å². The second-order valence-corrected chi connectivity index (χ2v) is 11.0. The van der Waals surface area contributed by atoms with Crippen LogP contribution in [-0.4, -0.2) is 39.8 Å². The number of rotatable bonds is 9. The first kappa shape index (κ1) is 27.1. The van der Waals surface area contributed by atoms with Crippen LogP contribution in [0.4, 0.5) is 0 Å². The van der Waals surface area contributed by atoms with Crippen LogP contribution in [0.15, 0.2) is 67.1 Å². The second-order valence-electron chi connectivity index (χ2n) is 9.96. The van der Waals surface area contributed by atoms with E-state index in [0.717, 1.165) is 34.8 Å². The lowest BCUT2D eigenvalue weighted by Crippen LogP contribution is -2.55. The van der Waals surface area contributed by atoms with Gasteiger partial charge in [0.15, 0.2) is 0 Å². The largest absolute Gasteiger partial charge is 0.365 e. The molecule has 1 aliphatic rings. The fourth-order valence-electron chi connectivity index (χ4n) is 4.39. The van der Waals surface area contributed by atoms with Crippen LogP contribution in [-0.2, 0) is 5.41 Å². The molecular weight excluding hydrogens is 462 g/mol. The van der Waals surface area contributed by atoms with Crippen molar-refractivity contribution in [1.29, 1.82) is 5.26 Å². The Balaban J connectivity index is 1.97. The molecule has 0 saturated heterocycles. The van der Waals surface area contributed by atoms with Gasteiger partial charge in [0.2, 0.25) is 0 Å². The molecule has 2 aromatic rings. The number of nitriles is 1. The van der Waals surface area contributed by atoms with Gasteiger partial charge in [-0.1, -0.05) is 42.8 Å². The van der Waals surface area contributed by atoms with Crippen LogP contribution in [0.1, 0.15) is 62.5 Å². The van der Waals surface area contributed by atoms with E-state index < -0.39 is 11.0 Å². The molecule has 186 valence electrons. The summed E-state index contributed by atoms with van der Waals surface area (Å²) >= 11 is 1.80. The van der Waals surface area contributed by atoms with Crippen LogP contribution in [0.2, 0.25) is 0 Å². The molecule has 0 saturated carbocycles. The standard InChI is InChI=1S/C30H35N5S/c1-9-11-25-17-27(33-20-32-25)23-16-28(36-18-23)30(6,34-21(3)35(7)8)26(10-2)22-12-14-24(15-13-22)29(4,5)19-31/h10,12-15,17-18,20,26,28,34H,2-3,16H2,1,4-8H3. The Morgan fingerprint density at radius 3 is 2.53 bits per heavy atom. The topological polar surface area (TPSA) is 64.8 Å². The molecule has 1 N–H and O–H groups in total. The Bertz CT molecular complexity index is 1260. The first-order chi connectivity index (χ1) is 17.1. The Kier molecular flexibility index (Phi) is 8.33. The van der Waals surface area contributed by atoms with Crippen LogP contribution in [0.5, 0.6) is 0 Å². The lowest BCUT2D eigenvalue weighted by molar-refractivity contribution is 0.301. The highest BCUT2D eigenvalue weighted by atomic mass is 32.2. The molecule has 0 bridgehead atoms. The number of nitrogens with one attached hydrogen (secondary N) is 1. The smallest absolute Gasteiger partial charge is 0.117 e. The number of thioether (sulfide) groups is 1. The summed E-state index contributed by atoms with van der Waals surface area (Å²) < 4.78 is 0. The number of allylic oxidation sites excluding steroid dienone is 1. The maximum atomic E-state index is 9.55. The molecule has 1 aliphatic heterocycles. The molecule has 3 unspecified atom stereocenters. The highest BCUT2D eigenvalue weighted by molar-refractivity contribution is 8.03. The highest BCUT2D eigenvalue weighted by Gasteiger charge is 2.44. The van der Waals surface area contributed by atoms with Crippen molar-refractivity contribution >= 4 is 17.3 Å². The van der Waals surface area contributed by atoms with E-state index in [0.29, 0.717) is 0 Å². The third-order valence-electron chi connectivity index (χ3n) is 6.80. The third-order valence-corrected chi connectivity index (χ3v) is 8.21. The van der Waals surface area contributed by atoms with E-state index in [4.69, 9.17) is 0 Å². The molecule has 36 heavy (non-hydrogen) atoms. The minimum Gasteiger partial charge on any atom is -0.365 e. The summed E-state index contributed by atoms with van der Waals surface area (Å²) in [5.74, 6) is 6.76. The van der Waals surface area contributed by atoms with E-state index in [-0.39, 0.29) is 11.2 Å². The van der Waals surface area contributed by atoms with E-state index in [9.17, 15) is 5.26 Å². The van der Waals surface area contributed by atoms with Crippen LogP contribution < -0.4 is 5.32 Å². The Hall–Kier alpha value is -3.48. The number of benzene rings is 1. The fourth-order valence-corrected chi connectivity index (χ4v) is 5.70. The zero-order chi connectivity index (χ0) is 26.5. The summed E-state index contributed by atoms with van der Waals surface area (Å²) in [5.41, 5.74) is 3.99. The quantitative estimate of drug-likeness (QED) is 0.346. The Morgan fingerprint density at radius 1 is 1.25 bits per heavy atom. The summed E-state index contributed by atoms with van der Waals surface area (Å²) in [7, 11) is 3.97. The number of nitrogens with zero attached hydrogens (tertiary/aromatic N) is 4. The van der Waals surface area contributed by atoms with E-state index in [1.165, 1.54) is 5.57 Å². The van der Waals surface area contributed by atoms with Crippen molar-refractivity contribution in [3.8, 4) is 17.9 Å². The van der Waals surface area contributed by atoms with Crippen molar-refractivity contribution < 1.29 is 0 Å². The summed E-state index contributed by atoms with van der Waals surface area (Å²) in [6.07, 6.45) is 4.42. The summed E-state index contributed by atoms with van der Waals surface area (Å²) in [6, 6.07) is 12.7. The number of aromatic nitrogens is 2. The lowest BCUT2D eigenvalue weighted by Gasteiger charge is -2.44. The minimum atomic E-state index is -0.540. The average molecular weight is 498 g/mol. The maximum absolute atomic E-state index is 9.55. The summed E-state index contributed by atoms with van der Waals surface area (Å²) in [4.78, 5) is 10.8. The van der Waals surface area contributed by atoms with Gasteiger partial charge in [-0.2, -0.15) is 5.26 Å². The van der Waals surface area contributed by atoms with E-state index in [2.05, 4.69) is 82.9 Å². The van der Waals surface area contributed by atoms with Gasteiger partial charge in [-0.3, -0.25) is 0 Å². The van der Waals surface area contributed by atoms with E-state index in [1.54, 1.807) is 25.0 Å². The van der Waals surface area contributed by atoms with Gasteiger partial charge < -0.3 is 10.2 Å². The van der Waals surface area contributed by atoms with Crippen LogP contribution in [0.25, 0.3) is 5.57 Å². The lowest BCUT2D eigenvalue weighted by atomic mass is 9.75. The van der Waals surface area contributed by atoms with E-state index in [1.807, 2.05) is 45.0 Å². The normalized spacial score (nSPS) is 17.5. The molecule has 6 heteroatoms. The van der Waals surface area contributed by atoms with Gasteiger partial charge in [-0.25, -0.2) is 9.97 Å². The van der Waals surface area contributed by atoms with Crippen molar-refractivity contribution in [1.82, 2.24) is 20.2 Å². The molecule has 0 amide bonds. The molecule has 0 radical (unpaired) electrons. The van der Waals surface area contributed by atoms with Gasteiger partial charge in [0.25, 0.3) is 0 Å². The summed E-state index contributed by atoms with van der Waals surface area (Å²) in [5, 5.41) is 15.7. The SMILES string of the molecule is C=CC(c1ccc(C(C)(C)C#N)cc1)C(C)(NC(=C)N(C)C)C1CC(c2cc(C#CC)ncn2)=CS1. The third kappa shape index (κ3) is 5.66. The molecule has 3 atom stereocenters. The molecular formula is C30H35N5S. The van der Waals surface area contributed by atoms with Gasteiger partial charge in [-0.15, -0.1) is 18.3 Å². The Labute approximate surface area is 220 Å². The van der Waals surface area contributed by atoms with Crippen molar-refractivity contribution in [3.05, 3.63) is 89.6 Å².